The summed E-state index contributed by atoms with van der Waals surface area (Å²) >= 11 is 1.28. The number of ether oxygens (including phenoxy) is 1. The van der Waals surface area contributed by atoms with Crippen LogP contribution in [0.3, 0.4) is 0 Å². The summed E-state index contributed by atoms with van der Waals surface area (Å²) in [5.41, 5.74) is 1.95. The zero-order chi connectivity index (χ0) is 23.1. The number of nitrogens with one attached hydrogen (secondary N) is 1. The second-order valence-electron chi connectivity index (χ2n) is 7.06. The smallest absolute Gasteiger partial charge is 0.335 e. The van der Waals surface area contributed by atoms with Crippen LogP contribution in [0.1, 0.15) is 48.6 Å². The first kappa shape index (κ1) is 23.3. The molecule has 0 aliphatic heterocycles. The van der Waals surface area contributed by atoms with Crippen LogP contribution in [0.15, 0.2) is 53.7 Å². The van der Waals surface area contributed by atoms with Gasteiger partial charge in [0.1, 0.15) is 5.75 Å². The Bertz CT molecular complexity index is 1060. The Labute approximate surface area is 191 Å². The summed E-state index contributed by atoms with van der Waals surface area (Å²) in [6, 6.07) is 14.0. The second kappa shape index (κ2) is 10.8. The van der Waals surface area contributed by atoms with Crippen molar-refractivity contribution in [2.75, 3.05) is 11.1 Å². The number of thioether (sulfide) groups is 1. The van der Waals surface area contributed by atoms with Gasteiger partial charge >= 0.3 is 5.97 Å². The summed E-state index contributed by atoms with van der Waals surface area (Å²) in [7, 11) is 0. The fourth-order valence-corrected chi connectivity index (χ4v) is 3.90. The first-order valence-corrected chi connectivity index (χ1v) is 11.3. The van der Waals surface area contributed by atoms with Crippen molar-refractivity contribution in [2.45, 2.75) is 45.0 Å². The fourth-order valence-electron chi connectivity index (χ4n) is 3.09. The molecule has 168 valence electrons. The molecule has 1 aromatic heterocycles. The lowest BCUT2D eigenvalue weighted by molar-refractivity contribution is -0.113. The summed E-state index contributed by atoms with van der Waals surface area (Å²) in [6.07, 6.45) is 0.674. The Hall–Kier alpha value is -3.33. The molecular formula is C23H26N4O4S. The Morgan fingerprint density at radius 2 is 1.78 bits per heavy atom. The molecule has 1 atom stereocenters. The van der Waals surface area contributed by atoms with Gasteiger partial charge in [-0.1, -0.05) is 30.8 Å². The van der Waals surface area contributed by atoms with Gasteiger partial charge in [0.15, 0.2) is 17.1 Å². The van der Waals surface area contributed by atoms with Crippen molar-refractivity contribution in [2.24, 2.45) is 0 Å². The molecule has 3 rings (SSSR count). The van der Waals surface area contributed by atoms with E-state index in [0.717, 1.165) is 12.2 Å². The first-order chi connectivity index (χ1) is 15.4. The molecule has 0 unspecified atom stereocenters. The molecule has 0 saturated carbocycles. The van der Waals surface area contributed by atoms with Gasteiger partial charge in [0.2, 0.25) is 5.91 Å². The molecule has 0 saturated heterocycles. The number of aromatic nitrogens is 3. The van der Waals surface area contributed by atoms with Crippen LogP contribution in [0.5, 0.6) is 5.75 Å². The van der Waals surface area contributed by atoms with Gasteiger partial charge < -0.3 is 19.7 Å². The van der Waals surface area contributed by atoms with Crippen LogP contribution in [-0.4, -0.2) is 37.5 Å². The van der Waals surface area contributed by atoms with Crippen molar-refractivity contribution in [3.63, 3.8) is 0 Å². The number of carbonyl (C=O) groups excluding carboxylic acids is 1. The van der Waals surface area contributed by atoms with E-state index in [1.54, 1.807) is 12.1 Å². The third-order valence-electron chi connectivity index (χ3n) is 4.82. The van der Waals surface area contributed by atoms with Crippen LogP contribution in [-0.2, 0) is 17.8 Å². The Balaban J connectivity index is 1.59. The predicted octanol–water partition coefficient (Wildman–Crippen LogP) is 4.43. The number of carboxylic acid groups (broad SMARTS) is 1. The summed E-state index contributed by atoms with van der Waals surface area (Å²) < 4.78 is 7.97. The van der Waals surface area contributed by atoms with Crippen LogP contribution in [0.4, 0.5) is 5.69 Å². The number of aryl methyl sites for hydroxylation is 1. The number of hydrogen-bond acceptors (Lipinski definition) is 6. The molecule has 8 nitrogen and oxygen atoms in total. The third-order valence-corrected chi connectivity index (χ3v) is 5.78. The van der Waals surface area contributed by atoms with Crippen molar-refractivity contribution < 1.29 is 19.4 Å². The summed E-state index contributed by atoms with van der Waals surface area (Å²) in [5, 5.41) is 20.9. The highest BCUT2D eigenvalue weighted by atomic mass is 32.2. The first-order valence-electron chi connectivity index (χ1n) is 10.4. The third kappa shape index (κ3) is 5.88. The van der Waals surface area contributed by atoms with E-state index in [9.17, 15) is 9.59 Å². The van der Waals surface area contributed by atoms with E-state index in [1.165, 1.54) is 29.5 Å². The van der Waals surface area contributed by atoms with Crippen molar-refractivity contribution >= 4 is 29.3 Å². The maximum absolute atomic E-state index is 12.3. The minimum absolute atomic E-state index is 0.145. The normalized spacial score (nSPS) is 11.7. The number of hydrogen-bond donors (Lipinski definition) is 2. The van der Waals surface area contributed by atoms with E-state index in [2.05, 4.69) is 22.4 Å². The van der Waals surface area contributed by atoms with E-state index < -0.39 is 5.97 Å². The molecular weight excluding hydrogens is 428 g/mol. The molecule has 2 N–H and O–H groups in total. The van der Waals surface area contributed by atoms with E-state index in [-0.39, 0.29) is 23.3 Å². The molecule has 2 aromatic carbocycles. The van der Waals surface area contributed by atoms with Crippen LogP contribution < -0.4 is 10.1 Å². The Morgan fingerprint density at radius 3 is 2.38 bits per heavy atom. The summed E-state index contributed by atoms with van der Waals surface area (Å²) in [4.78, 5) is 23.2. The monoisotopic (exact) mass is 454 g/mol. The number of anilines is 1. The fraction of sp³-hybridized carbons (Fsp3) is 0.304. The highest BCUT2D eigenvalue weighted by Crippen LogP contribution is 2.25. The van der Waals surface area contributed by atoms with Gasteiger partial charge in [-0.25, -0.2) is 4.79 Å². The molecule has 1 heterocycles. The molecule has 0 aliphatic carbocycles. The molecule has 1 amide bonds. The number of carbonyl (C=O) groups is 2. The topological polar surface area (TPSA) is 106 Å². The maximum Gasteiger partial charge on any atom is 0.335 e. The second-order valence-corrected chi connectivity index (χ2v) is 8.00. The quantitative estimate of drug-likeness (QED) is 0.437. The van der Waals surface area contributed by atoms with Gasteiger partial charge in [-0.05, 0) is 62.2 Å². The minimum atomic E-state index is -1.01. The Morgan fingerprint density at radius 1 is 1.09 bits per heavy atom. The number of carboxylic acids is 1. The van der Waals surface area contributed by atoms with Crippen molar-refractivity contribution in [1.29, 1.82) is 0 Å². The van der Waals surface area contributed by atoms with Gasteiger partial charge in [-0.3, -0.25) is 4.79 Å². The van der Waals surface area contributed by atoms with Crippen LogP contribution >= 0.6 is 11.8 Å². The summed E-state index contributed by atoms with van der Waals surface area (Å²) in [6.45, 7) is 6.66. The van der Waals surface area contributed by atoms with Gasteiger partial charge in [0.05, 0.1) is 11.3 Å². The maximum atomic E-state index is 12.3. The number of amides is 1. The van der Waals surface area contributed by atoms with Crippen molar-refractivity contribution in [1.82, 2.24) is 14.8 Å². The highest BCUT2D eigenvalue weighted by molar-refractivity contribution is 7.99. The average molecular weight is 455 g/mol. The van der Waals surface area contributed by atoms with Crippen LogP contribution in [0.2, 0.25) is 0 Å². The number of aromatic carboxylic acids is 1. The van der Waals surface area contributed by atoms with E-state index in [0.29, 0.717) is 23.2 Å². The molecule has 0 radical (unpaired) electrons. The standard InChI is InChI=1S/C23H26N4O4S/c1-4-16-6-12-19(13-7-16)31-15(3)21-25-26-23(27(21)5-2)32-14-20(28)24-18-10-8-17(9-11-18)22(29)30/h6-13,15H,4-5,14H2,1-3H3,(H,24,28)(H,29,30)/t15-/m0/s1. The highest BCUT2D eigenvalue weighted by Gasteiger charge is 2.19. The van der Waals surface area contributed by atoms with Gasteiger partial charge in [0.25, 0.3) is 0 Å². The Kier molecular flexibility index (Phi) is 7.88. The zero-order valence-corrected chi connectivity index (χ0v) is 19.1. The van der Waals surface area contributed by atoms with E-state index >= 15 is 0 Å². The largest absolute Gasteiger partial charge is 0.483 e. The van der Waals surface area contributed by atoms with E-state index in [1.807, 2.05) is 42.7 Å². The SMILES string of the molecule is CCc1ccc(O[C@@H](C)c2nnc(SCC(=O)Nc3ccc(C(=O)O)cc3)n2CC)cc1. The lowest BCUT2D eigenvalue weighted by Crippen LogP contribution is -2.15. The lowest BCUT2D eigenvalue weighted by Gasteiger charge is -2.16. The van der Waals surface area contributed by atoms with Crippen LogP contribution in [0, 0.1) is 0 Å². The molecule has 0 aliphatic rings. The van der Waals surface area contributed by atoms with Crippen molar-refractivity contribution in [3.8, 4) is 5.75 Å². The number of rotatable bonds is 10. The predicted molar refractivity (Wildman–Crippen MR) is 123 cm³/mol. The van der Waals surface area contributed by atoms with Gasteiger partial charge in [-0.2, -0.15) is 0 Å². The zero-order valence-electron chi connectivity index (χ0n) is 18.2. The molecule has 0 bridgehead atoms. The van der Waals surface area contributed by atoms with Gasteiger partial charge in [0, 0.05) is 12.2 Å². The molecule has 3 aromatic rings. The minimum Gasteiger partial charge on any atom is -0.483 e. The molecule has 32 heavy (non-hydrogen) atoms. The molecule has 0 spiro atoms. The number of benzene rings is 2. The molecule has 9 heteroatoms. The van der Waals surface area contributed by atoms with Gasteiger partial charge in [-0.15, -0.1) is 10.2 Å². The lowest BCUT2D eigenvalue weighted by atomic mass is 10.2. The summed E-state index contributed by atoms with van der Waals surface area (Å²) in [5.74, 6) is 0.379. The average Bonchev–Trinajstić information content (AvgIpc) is 3.21. The van der Waals surface area contributed by atoms with E-state index in [4.69, 9.17) is 9.84 Å². The molecule has 0 fully saturated rings. The number of nitrogens with zero attached hydrogens (tertiary/aromatic N) is 3. The van der Waals surface area contributed by atoms with Crippen LogP contribution in [0.25, 0.3) is 0 Å². The van der Waals surface area contributed by atoms with Crippen molar-refractivity contribution in [3.05, 3.63) is 65.5 Å².